The predicted molar refractivity (Wildman–Crippen MR) is 59.4 cm³/mol. The van der Waals surface area contributed by atoms with E-state index >= 15 is 0 Å². The first kappa shape index (κ1) is 10.9. The average molecular weight is 221 g/mol. The van der Waals surface area contributed by atoms with Gasteiger partial charge in [-0.1, -0.05) is 6.42 Å². The van der Waals surface area contributed by atoms with Gasteiger partial charge in [-0.2, -0.15) is 0 Å². The van der Waals surface area contributed by atoms with Gasteiger partial charge in [-0.15, -0.1) is 0 Å². The van der Waals surface area contributed by atoms with Crippen molar-refractivity contribution in [2.45, 2.75) is 31.6 Å². The van der Waals surface area contributed by atoms with Crippen LogP contribution in [-0.4, -0.2) is 27.6 Å². The van der Waals surface area contributed by atoms with Gasteiger partial charge >= 0.3 is 5.97 Å². The number of nitrogens with zero attached hydrogens (tertiary/aromatic N) is 2. The lowest BCUT2D eigenvalue weighted by Crippen LogP contribution is -2.12. The fourth-order valence-corrected chi connectivity index (χ4v) is 1.66. The summed E-state index contributed by atoms with van der Waals surface area (Å²) in [7, 11) is 0. The van der Waals surface area contributed by atoms with E-state index in [-0.39, 0.29) is 6.42 Å². The molecule has 0 saturated heterocycles. The van der Waals surface area contributed by atoms with Gasteiger partial charge in [0.25, 0.3) is 0 Å². The quantitative estimate of drug-likeness (QED) is 0.790. The van der Waals surface area contributed by atoms with Crippen LogP contribution in [0.1, 0.15) is 37.2 Å². The number of aromatic nitrogens is 2. The largest absolute Gasteiger partial charge is 0.481 e. The third kappa shape index (κ3) is 2.68. The summed E-state index contributed by atoms with van der Waals surface area (Å²) < 4.78 is 0. The standard InChI is InChI=1S/C11H15N3O2/c15-10(16)4-5-12-11-13-6-9(7-14-11)8-2-1-3-8/h6-8H,1-5H2,(H,15,16)(H,12,13,14). The van der Waals surface area contributed by atoms with E-state index in [2.05, 4.69) is 15.3 Å². The SMILES string of the molecule is O=C(O)CCNc1ncc(C2CCC2)cn1. The molecule has 1 fully saturated rings. The summed E-state index contributed by atoms with van der Waals surface area (Å²) in [5.41, 5.74) is 1.19. The average Bonchev–Trinajstić information content (AvgIpc) is 2.17. The molecule has 2 rings (SSSR count). The predicted octanol–water partition coefficient (Wildman–Crippen LogP) is 1.63. The molecule has 2 N–H and O–H groups in total. The van der Waals surface area contributed by atoms with Gasteiger partial charge in [-0.05, 0) is 24.3 Å². The molecule has 0 atom stereocenters. The molecule has 1 aromatic heterocycles. The minimum Gasteiger partial charge on any atom is -0.481 e. The Morgan fingerprint density at radius 1 is 1.44 bits per heavy atom. The Labute approximate surface area is 93.9 Å². The van der Waals surface area contributed by atoms with Crippen LogP contribution in [0.15, 0.2) is 12.4 Å². The minimum absolute atomic E-state index is 0.0771. The number of carboxylic acid groups (broad SMARTS) is 1. The first-order valence-electron chi connectivity index (χ1n) is 5.53. The fourth-order valence-electron chi connectivity index (χ4n) is 1.66. The molecule has 0 bridgehead atoms. The molecular weight excluding hydrogens is 206 g/mol. The van der Waals surface area contributed by atoms with Crippen LogP contribution < -0.4 is 5.32 Å². The van der Waals surface area contributed by atoms with Gasteiger partial charge in [0, 0.05) is 18.9 Å². The molecule has 1 saturated carbocycles. The van der Waals surface area contributed by atoms with Gasteiger partial charge in [0.05, 0.1) is 6.42 Å². The zero-order valence-electron chi connectivity index (χ0n) is 9.02. The van der Waals surface area contributed by atoms with E-state index in [9.17, 15) is 4.79 Å². The summed E-state index contributed by atoms with van der Waals surface area (Å²) >= 11 is 0. The molecule has 1 heterocycles. The highest BCUT2D eigenvalue weighted by molar-refractivity contribution is 5.67. The molecule has 86 valence electrons. The summed E-state index contributed by atoms with van der Waals surface area (Å²) in [6.45, 7) is 0.359. The van der Waals surface area contributed by atoms with E-state index in [0.717, 1.165) is 0 Å². The smallest absolute Gasteiger partial charge is 0.305 e. The van der Waals surface area contributed by atoms with E-state index in [1.807, 2.05) is 12.4 Å². The van der Waals surface area contributed by atoms with Crippen LogP contribution in [-0.2, 0) is 4.79 Å². The second kappa shape index (κ2) is 4.92. The lowest BCUT2D eigenvalue weighted by molar-refractivity contribution is -0.136. The van der Waals surface area contributed by atoms with E-state index in [0.29, 0.717) is 18.4 Å². The maximum atomic E-state index is 10.3. The van der Waals surface area contributed by atoms with Crippen molar-refractivity contribution in [3.63, 3.8) is 0 Å². The van der Waals surface area contributed by atoms with Gasteiger partial charge in [0.1, 0.15) is 0 Å². The first-order valence-corrected chi connectivity index (χ1v) is 5.53. The Kier molecular flexibility index (Phi) is 3.34. The van der Waals surface area contributed by atoms with E-state index in [1.54, 1.807) is 0 Å². The second-order valence-electron chi connectivity index (χ2n) is 4.04. The highest BCUT2D eigenvalue weighted by Crippen LogP contribution is 2.35. The Balaban J connectivity index is 1.84. The molecular formula is C11H15N3O2. The van der Waals surface area contributed by atoms with Crippen molar-refractivity contribution in [1.82, 2.24) is 9.97 Å². The monoisotopic (exact) mass is 221 g/mol. The molecule has 0 radical (unpaired) electrons. The van der Waals surface area contributed by atoms with Gasteiger partial charge in [0.2, 0.25) is 5.95 Å². The highest BCUT2D eigenvalue weighted by atomic mass is 16.4. The molecule has 0 aliphatic heterocycles. The number of nitrogens with one attached hydrogen (secondary N) is 1. The molecule has 1 aliphatic carbocycles. The number of hydrogen-bond donors (Lipinski definition) is 2. The molecule has 0 unspecified atom stereocenters. The topological polar surface area (TPSA) is 75.1 Å². The Morgan fingerprint density at radius 2 is 2.12 bits per heavy atom. The van der Waals surface area contributed by atoms with E-state index < -0.39 is 5.97 Å². The van der Waals surface area contributed by atoms with E-state index in [4.69, 9.17) is 5.11 Å². The number of aliphatic carboxylic acids is 1. The van der Waals surface area contributed by atoms with Crippen molar-refractivity contribution in [2.24, 2.45) is 0 Å². The summed E-state index contributed by atoms with van der Waals surface area (Å²) in [5, 5.41) is 11.3. The summed E-state index contributed by atoms with van der Waals surface area (Å²) in [5.74, 6) is 0.316. The van der Waals surface area contributed by atoms with Gasteiger partial charge < -0.3 is 10.4 Å². The molecule has 5 nitrogen and oxygen atoms in total. The van der Waals surface area contributed by atoms with Crippen molar-refractivity contribution in [2.75, 3.05) is 11.9 Å². The number of anilines is 1. The zero-order chi connectivity index (χ0) is 11.4. The minimum atomic E-state index is -0.821. The van der Waals surface area contributed by atoms with Crippen LogP contribution in [0.25, 0.3) is 0 Å². The second-order valence-corrected chi connectivity index (χ2v) is 4.04. The van der Waals surface area contributed by atoms with Crippen LogP contribution in [0.4, 0.5) is 5.95 Å². The molecule has 16 heavy (non-hydrogen) atoms. The summed E-state index contributed by atoms with van der Waals surface area (Å²) in [4.78, 5) is 18.6. The highest BCUT2D eigenvalue weighted by Gasteiger charge is 2.19. The molecule has 1 aliphatic rings. The van der Waals surface area contributed by atoms with Crippen molar-refractivity contribution < 1.29 is 9.90 Å². The maximum Gasteiger partial charge on any atom is 0.305 e. The van der Waals surface area contributed by atoms with Crippen molar-refractivity contribution in [1.29, 1.82) is 0 Å². The molecule has 0 aromatic carbocycles. The number of carbonyl (C=O) groups is 1. The van der Waals surface area contributed by atoms with Crippen LogP contribution in [0.2, 0.25) is 0 Å². The third-order valence-electron chi connectivity index (χ3n) is 2.87. The molecule has 0 spiro atoms. The van der Waals surface area contributed by atoms with Crippen LogP contribution >= 0.6 is 0 Å². The zero-order valence-corrected chi connectivity index (χ0v) is 9.02. The van der Waals surface area contributed by atoms with Crippen molar-refractivity contribution in [3.05, 3.63) is 18.0 Å². The summed E-state index contributed by atoms with van der Waals surface area (Å²) in [6, 6.07) is 0. The third-order valence-corrected chi connectivity index (χ3v) is 2.87. The normalized spacial score (nSPS) is 15.5. The summed E-state index contributed by atoms with van der Waals surface area (Å²) in [6.07, 6.45) is 7.50. The van der Waals surface area contributed by atoms with Gasteiger partial charge in [-0.3, -0.25) is 4.79 Å². The molecule has 5 heteroatoms. The lowest BCUT2D eigenvalue weighted by atomic mass is 9.81. The van der Waals surface area contributed by atoms with Crippen LogP contribution in [0, 0.1) is 0 Å². The fraction of sp³-hybridized carbons (Fsp3) is 0.545. The van der Waals surface area contributed by atoms with Crippen LogP contribution in [0.3, 0.4) is 0 Å². The number of rotatable bonds is 5. The van der Waals surface area contributed by atoms with E-state index in [1.165, 1.54) is 24.8 Å². The first-order chi connectivity index (χ1) is 7.75. The Morgan fingerprint density at radius 3 is 2.62 bits per heavy atom. The molecule has 0 amide bonds. The number of carboxylic acids is 1. The van der Waals surface area contributed by atoms with Crippen molar-refractivity contribution >= 4 is 11.9 Å². The van der Waals surface area contributed by atoms with Crippen LogP contribution in [0.5, 0.6) is 0 Å². The number of hydrogen-bond acceptors (Lipinski definition) is 4. The Hall–Kier alpha value is -1.65. The lowest BCUT2D eigenvalue weighted by Gasteiger charge is -2.24. The van der Waals surface area contributed by atoms with Gasteiger partial charge in [0.15, 0.2) is 0 Å². The molecule has 1 aromatic rings. The maximum absolute atomic E-state index is 10.3. The van der Waals surface area contributed by atoms with Crippen molar-refractivity contribution in [3.8, 4) is 0 Å². The Bertz CT molecular complexity index is 360. The van der Waals surface area contributed by atoms with Gasteiger partial charge in [-0.25, -0.2) is 9.97 Å².